The zero-order valence-corrected chi connectivity index (χ0v) is 11.5. The van der Waals surface area contributed by atoms with Gasteiger partial charge in [0.2, 0.25) is 0 Å². The van der Waals surface area contributed by atoms with E-state index in [1.807, 2.05) is 19.1 Å². The van der Waals surface area contributed by atoms with Crippen LogP contribution >= 0.6 is 11.6 Å². The van der Waals surface area contributed by atoms with Crippen LogP contribution in [0, 0.1) is 0 Å². The predicted molar refractivity (Wildman–Crippen MR) is 78.1 cm³/mol. The molecule has 2 rings (SSSR count). The summed E-state index contributed by atoms with van der Waals surface area (Å²) in [6.45, 7) is 1.87. The molecule has 1 N–H and O–H groups in total. The number of benzene rings is 2. The molecule has 2 aromatic rings. The van der Waals surface area contributed by atoms with Crippen molar-refractivity contribution in [2.45, 2.75) is 6.92 Å². The third-order valence-corrected chi connectivity index (χ3v) is 2.99. The molecule has 0 fully saturated rings. The maximum atomic E-state index is 10.6. The van der Waals surface area contributed by atoms with Crippen molar-refractivity contribution in [2.24, 2.45) is 5.10 Å². The summed E-state index contributed by atoms with van der Waals surface area (Å²) in [5, 5.41) is 15.5. The van der Waals surface area contributed by atoms with Gasteiger partial charge in [-0.25, -0.2) is 0 Å². The summed E-state index contributed by atoms with van der Waals surface area (Å²) in [7, 11) is 0. The molecule has 102 valence electrons. The number of hydrazone groups is 1. The van der Waals surface area contributed by atoms with Crippen molar-refractivity contribution in [3.8, 4) is 0 Å². The Kier molecular flexibility index (Phi) is 4.38. The molecule has 0 spiro atoms. The number of aromatic carboxylic acids is 1. The van der Waals surface area contributed by atoms with Gasteiger partial charge in [0, 0.05) is 5.02 Å². The van der Waals surface area contributed by atoms with E-state index in [1.165, 1.54) is 12.1 Å². The summed E-state index contributed by atoms with van der Waals surface area (Å²) in [4.78, 5) is 10.6. The van der Waals surface area contributed by atoms with Gasteiger partial charge < -0.3 is 9.90 Å². The van der Waals surface area contributed by atoms with Crippen LogP contribution in [0.3, 0.4) is 0 Å². The normalized spacial score (nSPS) is 11.2. The lowest BCUT2D eigenvalue weighted by atomic mass is 10.1. The summed E-state index contributed by atoms with van der Waals surface area (Å²) < 4.78 is 0. The van der Waals surface area contributed by atoms with Crippen LogP contribution in [-0.2, 0) is 0 Å². The van der Waals surface area contributed by atoms with Crippen LogP contribution in [0.1, 0.15) is 22.8 Å². The highest BCUT2D eigenvalue weighted by Crippen LogP contribution is 2.12. The number of anilines is 1. The van der Waals surface area contributed by atoms with Crippen molar-refractivity contribution in [2.75, 3.05) is 5.43 Å². The van der Waals surface area contributed by atoms with Crippen LogP contribution in [0.25, 0.3) is 0 Å². The zero-order valence-electron chi connectivity index (χ0n) is 10.8. The lowest BCUT2D eigenvalue weighted by molar-refractivity contribution is -0.255. The second-order valence-electron chi connectivity index (χ2n) is 4.18. The van der Waals surface area contributed by atoms with Gasteiger partial charge in [-0.2, -0.15) is 5.10 Å². The van der Waals surface area contributed by atoms with E-state index >= 15 is 0 Å². The molecule has 0 bridgehead atoms. The molecule has 0 heterocycles. The average Bonchev–Trinajstić information content (AvgIpc) is 2.46. The Morgan fingerprint density at radius 2 is 1.60 bits per heavy atom. The first kappa shape index (κ1) is 14.1. The molecule has 0 saturated heterocycles. The van der Waals surface area contributed by atoms with Gasteiger partial charge >= 0.3 is 0 Å². The van der Waals surface area contributed by atoms with Crippen LogP contribution in [-0.4, -0.2) is 11.7 Å². The second-order valence-corrected chi connectivity index (χ2v) is 4.62. The molecular formula is C15H12ClN2O2-. The number of nitrogens with zero attached hydrogens (tertiary/aromatic N) is 1. The first-order valence-electron chi connectivity index (χ1n) is 5.94. The summed E-state index contributed by atoms with van der Waals surface area (Å²) in [5.74, 6) is -1.20. The van der Waals surface area contributed by atoms with Crippen LogP contribution in [0.5, 0.6) is 0 Å². The Bertz CT molecular complexity index is 634. The SMILES string of the molecule is C/C(=N/Nc1ccc(C(=O)[O-])cc1)c1ccc(Cl)cc1. The Morgan fingerprint density at radius 1 is 1.05 bits per heavy atom. The van der Waals surface area contributed by atoms with E-state index in [1.54, 1.807) is 24.3 Å². The third-order valence-electron chi connectivity index (χ3n) is 2.74. The highest BCUT2D eigenvalue weighted by atomic mass is 35.5. The molecule has 20 heavy (non-hydrogen) atoms. The van der Waals surface area contributed by atoms with Gasteiger partial charge in [0.15, 0.2) is 0 Å². The predicted octanol–water partition coefficient (Wildman–Crippen LogP) is 2.54. The molecule has 0 amide bonds. The van der Waals surface area contributed by atoms with E-state index in [0.717, 1.165) is 11.3 Å². The Hall–Kier alpha value is -2.33. The quantitative estimate of drug-likeness (QED) is 0.694. The van der Waals surface area contributed by atoms with E-state index in [-0.39, 0.29) is 5.56 Å². The van der Waals surface area contributed by atoms with Crippen molar-refractivity contribution in [1.82, 2.24) is 0 Å². The van der Waals surface area contributed by atoms with E-state index < -0.39 is 5.97 Å². The van der Waals surface area contributed by atoms with Crippen molar-refractivity contribution < 1.29 is 9.90 Å². The number of carboxylic acid groups (broad SMARTS) is 1. The highest BCUT2D eigenvalue weighted by molar-refractivity contribution is 6.30. The average molecular weight is 288 g/mol. The minimum absolute atomic E-state index is 0.133. The van der Waals surface area contributed by atoms with Gasteiger partial charge in [0.25, 0.3) is 0 Å². The van der Waals surface area contributed by atoms with E-state index in [2.05, 4.69) is 10.5 Å². The molecule has 0 atom stereocenters. The Balaban J connectivity index is 2.08. The number of rotatable bonds is 4. The molecule has 0 unspecified atom stereocenters. The lowest BCUT2D eigenvalue weighted by Gasteiger charge is -2.06. The largest absolute Gasteiger partial charge is 0.545 e. The van der Waals surface area contributed by atoms with E-state index in [9.17, 15) is 9.90 Å². The van der Waals surface area contributed by atoms with E-state index in [4.69, 9.17) is 11.6 Å². The number of carbonyl (C=O) groups is 1. The number of hydrogen-bond acceptors (Lipinski definition) is 4. The van der Waals surface area contributed by atoms with Crippen molar-refractivity contribution in [1.29, 1.82) is 0 Å². The summed E-state index contributed by atoms with van der Waals surface area (Å²) >= 11 is 5.82. The number of carboxylic acids is 1. The summed E-state index contributed by atoms with van der Waals surface area (Å²) in [6.07, 6.45) is 0. The zero-order chi connectivity index (χ0) is 14.5. The van der Waals surface area contributed by atoms with E-state index in [0.29, 0.717) is 10.7 Å². The highest BCUT2D eigenvalue weighted by Gasteiger charge is 1.98. The van der Waals surface area contributed by atoms with Gasteiger partial charge in [-0.3, -0.25) is 5.43 Å². The number of carbonyl (C=O) groups excluding carboxylic acids is 1. The molecule has 2 aromatic carbocycles. The molecule has 0 saturated carbocycles. The van der Waals surface area contributed by atoms with Gasteiger partial charge in [-0.1, -0.05) is 35.9 Å². The Morgan fingerprint density at radius 3 is 2.15 bits per heavy atom. The molecule has 4 nitrogen and oxygen atoms in total. The van der Waals surface area contributed by atoms with Crippen molar-refractivity contribution in [3.05, 3.63) is 64.7 Å². The van der Waals surface area contributed by atoms with Crippen molar-refractivity contribution >= 4 is 29.0 Å². The van der Waals surface area contributed by atoms with Gasteiger partial charge in [0.05, 0.1) is 17.4 Å². The summed E-state index contributed by atoms with van der Waals surface area (Å²) in [5.41, 5.74) is 5.45. The molecule has 0 aliphatic heterocycles. The first-order valence-corrected chi connectivity index (χ1v) is 6.32. The van der Waals surface area contributed by atoms with Gasteiger partial charge in [-0.15, -0.1) is 0 Å². The van der Waals surface area contributed by atoms with Crippen molar-refractivity contribution in [3.63, 3.8) is 0 Å². The fraction of sp³-hybridized carbons (Fsp3) is 0.0667. The Labute approximate surface area is 121 Å². The second kappa shape index (κ2) is 6.21. The fourth-order valence-corrected chi connectivity index (χ4v) is 1.71. The van der Waals surface area contributed by atoms with Crippen LogP contribution in [0.2, 0.25) is 5.02 Å². The van der Waals surface area contributed by atoms with Crippen LogP contribution in [0.15, 0.2) is 53.6 Å². The molecule has 5 heteroatoms. The molecular weight excluding hydrogens is 276 g/mol. The fourth-order valence-electron chi connectivity index (χ4n) is 1.58. The standard InChI is InChI=1S/C15H13ClN2O2/c1-10(11-2-6-13(16)7-3-11)17-18-14-8-4-12(5-9-14)15(19)20/h2-9,18H,1H3,(H,19,20)/p-1/b17-10-. The minimum atomic E-state index is -1.20. The smallest absolute Gasteiger partial charge is 0.0715 e. The molecule has 0 aliphatic rings. The third kappa shape index (κ3) is 3.59. The van der Waals surface area contributed by atoms with Gasteiger partial charge in [0.1, 0.15) is 0 Å². The molecule has 0 aliphatic carbocycles. The molecule has 0 radical (unpaired) electrons. The maximum Gasteiger partial charge on any atom is 0.0715 e. The minimum Gasteiger partial charge on any atom is -0.545 e. The number of halogens is 1. The maximum absolute atomic E-state index is 10.6. The number of hydrogen-bond donors (Lipinski definition) is 1. The monoisotopic (exact) mass is 287 g/mol. The summed E-state index contributed by atoms with van der Waals surface area (Å²) in [6, 6.07) is 13.5. The van der Waals surface area contributed by atoms with Gasteiger partial charge in [-0.05, 0) is 42.3 Å². The lowest BCUT2D eigenvalue weighted by Crippen LogP contribution is -2.21. The topological polar surface area (TPSA) is 64.5 Å². The number of nitrogens with one attached hydrogen (secondary N) is 1. The van der Waals surface area contributed by atoms with Crippen LogP contribution < -0.4 is 10.5 Å². The molecule has 0 aromatic heterocycles. The first-order chi connectivity index (χ1) is 9.56. The van der Waals surface area contributed by atoms with Crippen LogP contribution in [0.4, 0.5) is 5.69 Å².